The van der Waals surface area contributed by atoms with Crippen molar-refractivity contribution in [2.24, 2.45) is 5.10 Å². The molecule has 0 saturated heterocycles. The number of nitrogens with one attached hydrogen (secondary N) is 3. The smallest absolute Gasteiger partial charge is 0.271 e. The van der Waals surface area contributed by atoms with Crippen molar-refractivity contribution >= 4 is 29.4 Å². The summed E-state index contributed by atoms with van der Waals surface area (Å²) in [5.41, 5.74) is 5.85. The quantitative estimate of drug-likeness (QED) is 0.256. The average Bonchev–Trinajstić information content (AvgIpc) is 2.75. The number of hydrazone groups is 1. The van der Waals surface area contributed by atoms with Gasteiger partial charge >= 0.3 is 0 Å². The number of aliphatic hydroxyl groups is 1. The van der Waals surface area contributed by atoms with E-state index >= 15 is 0 Å². The van der Waals surface area contributed by atoms with Crippen LogP contribution in [0.5, 0.6) is 0 Å². The lowest BCUT2D eigenvalue weighted by Crippen LogP contribution is -2.26. The van der Waals surface area contributed by atoms with Crippen LogP contribution in [0.4, 0.5) is 11.4 Å². The maximum atomic E-state index is 12.2. The molecular formula is C22H29N5O3. The first-order valence-electron chi connectivity index (χ1n) is 9.82. The number of benzene rings is 2. The highest BCUT2D eigenvalue weighted by atomic mass is 16.3. The van der Waals surface area contributed by atoms with Crippen LogP contribution in [0.15, 0.2) is 53.6 Å². The minimum absolute atomic E-state index is 0.0567. The van der Waals surface area contributed by atoms with Gasteiger partial charge in [-0.3, -0.25) is 9.59 Å². The molecule has 0 aliphatic heterocycles. The molecule has 30 heavy (non-hydrogen) atoms. The molecule has 2 amide bonds. The predicted octanol–water partition coefficient (Wildman–Crippen LogP) is 1.82. The maximum Gasteiger partial charge on any atom is 0.271 e. The Labute approximate surface area is 177 Å². The largest absolute Gasteiger partial charge is 0.395 e. The van der Waals surface area contributed by atoms with Gasteiger partial charge in [0.2, 0.25) is 5.91 Å². The summed E-state index contributed by atoms with van der Waals surface area (Å²) in [6, 6.07) is 14.9. The Bertz CT molecular complexity index is 850. The predicted molar refractivity (Wildman–Crippen MR) is 120 cm³/mol. The van der Waals surface area contributed by atoms with Crippen molar-refractivity contribution in [3.63, 3.8) is 0 Å². The van der Waals surface area contributed by atoms with Gasteiger partial charge in [-0.1, -0.05) is 12.1 Å². The van der Waals surface area contributed by atoms with Crippen LogP contribution in [0.2, 0.25) is 0 Å². The molecule has 2 rings (SSSR count). The van der Waals surface area contributed by atoms with Crippen LogP contribution >= 0.6 is 0 Å². The van der Waals surface area contributed by atoms with E-state index in [-0.39, 0.29) is 25.0 Å². The van der Waals surface area contributed by atoms with Gasteiger partial charge in [-0.05, 0) is 48.4 Å². The van der Waals surface area contributed by atoms with E-state index < -0.39 is 0 Å². The Balaban J connectivity index is 1.76. The molecule has 0 saturated carbocycles. The zero-order valence-electron chi connectivity index (χ0n) is 17.4. The van der Waals surface area contributed by atoms with Crippen molar-refractivity contribution in [3.05, 3.63) is 59.7 Å². The topological polar surface area (TPSA) is 106 Å². The second-order valence-electron chi connectivity index (χ2n) is 6.87. The lowest BCUT2D eigenvalue weighted by Gasteiger charge is -2.12. The molecule has 0 aliphatic carbocycles. The number of nitrogens with zero attached hydrogens (tertiary/aromatic N) is 2. The summed E-state index contributed by atoms with van der Waals surface area (Å²) in [7, 11) is 3.93. The molecule has 160 valence electrons. The van der Waals surface area contributed by atoms with Gasteiger partial charge in [-0.15, -0.1) is 0 Å². The summed E-state index contributed by atoms with van der Waals surface area (Å²) >= 11 is 0. The van der Waals surface area contributed by atoms with E-state index in [4.69, 9.17) is 5.11 Å². The lowest BCUT2D eigenvalue weighted by atomic mass is 10.2. The van der Waals surface area contributed by atoms with Gasteiger partial charge in [0.15, 0.2) is 0 Å². The third-order valence-corrected chi connectivity index (χ3v) is 4.26. The molecule has 0 unspecified atom stereocenters. The van der Waals surface area contributed by atoms with E-state index in [0.717, 1.165) is 16.9 Å². The minimum Gasteiger partial charge on any atom is -0.395 e. The number of hydrogen-bond acceptors (Lipinski definition) is 6. The van der Waals surface area contributed by atoms with Crippen LogP contribution in [0.1, 0.15) is 28.8 Å². The summed E-state index contributed by atoms with van der Waals surface area (Å²) in [4.78, 5) is 25.7. The Hall–Kier alpha value is -3.39. The Morgan fingerprint density at radius 2 is 1.87 bits per heavy atom. The third kappa shape index (κ3) is 7.92. The second kappa shape index (κ2) is 12.2. The standard InChI is InChI=1S/C22H29N5O3/c1-27(2)20-6-3-5-17(15-20)16-25-26-22(30)18-8-10-19(11-9-18)23-12-4-7-21(29)24-13-14-28/h3,5-6,8-11,15-16,23,28H,4,7,12-14H2,1-2H3,(H,24,29)(H,26,30)/b25-16+. The highest BCUT2D eigenvalue weighted by Gasteiger charge is 2.04. The number of aliphatic hydroxyl groups excluding tert-OH is 1. The molecule has 0 heterocycles. The molecule has 0 aliphatic rings. The normalized spacial score (nSPS) is 10.6. The third-order valence-electron chi connectivity index (χ3n) is 4.26. The first kappa shape index (κ1) is 22.9. The summed E-state index contributed by atoms with van der Waals surface area (Å²) in [5.74, 6) is -0.367. The molecule has 2 aromatic rings. The van der Waals surface area contributed by atoms with E-state index in [1.807, 2.05) is 55.4 Å². The number of carbonyl (C=O) groups excluding carboxylic acids is 2. The van der Waals surface area contributed by atoms with Crippen LogP contribution in [0.3, 0.4) is 0 Å². The molecule has 0 spiro atoms. The maximum absolute atomic E-state index is 12.2. The van der Waals surface area contributed by atoms with Gasteiger partial charge in [0.25, 0.3) is 5.91 Å². The first-order chi connectivity index (χ1) is 14.5. The Morgan fingerprint density at radius 3 is 2.57 bits per heavy atom. The Kier molecular flexibility index (Phi) is 9.33. The summed E-state index contributed by atoms with van der Waals surface area (Å²) in [5, 5.41) is 18.5. The van der Waals surface area contributed by atoms with Gasteiger partial charge in [0.05, 0.1) is 12.8 Å². The van der Waals surface area contributed by atoms with Crippen LogP contribution in [-0.2, 0) is 4.79 Å². The number of rotatable bonds is 11. The molecule has 8 nitrogen and oxygen atoms in total. The van der Waals surface area contributed by atoms with E-state index in [1.165, 1.54) is 0 Å². The molecule has 8 heteroatoms. The highest BCUT2D eigenvalue weighted by Crippen LogP contribution is 2.12. The molecule has 0 aromatic heterocycles. The van der Waals surface area contributed by atoms with Gasteiger partial charge in [-0.2, -0.15) is 5.10 Å². The number of carbonyl (C=O) groups is 2. The first-order valence-corrected chi connectivity index (χ1v) is 9.82. The number of amides is 2. The highest BCUT2D eigenvalue weighted by molar-refractivity contribution is 5.95. The molecule has 0 atom stereocenters. The van der Waals surface area contributed by atoms with Gasteiger partial charge in [0.1, 0.15) is 0 Å². The zero-order valence-corrected chi connectivity index (χ0v) is 17.4. The van der Waals surface area contributed by atoms with Gasteiger partial charge in [-0.25, -0.2) is 5.43 Å². The molecular weight excluding hydrogens is 382 g/mol. The molecule has 0 bridgehead atoms. The fourth-order valence-electron chi connectivity index (χ4n) is 2.62. The van der Waals surface area contributed by atoms with Crippen molar-refractivity contribution in [2.75, 3.05) is 44.0 Å². The zero-order chi connectivity index (χ0) is 21.8. The number of hydrogen-bond donors (Lipinski definition) is 4. The number of anilines is 2. The van der Waals surface area contributed by atoms with Crippen molar-refractivity contribution in [3.8, 4) is 0 Å². The van der Waals surface area contributed by atoms with Crippen molar-refractivity contribution in [1.29, 1.82) is 0 Å². The van der Waals surface area contributed by atoms with E-state index in [2.05, 4.69) is 21.2 Å². The van der Waals surface area contributed by atoms with E-state index in [0.29, 0.717) is 24.9 Å². The SMILES string of the molecule is CN(C)c1cccc(/C=N/NC(=O)c2ccc(NCCCC(=O)NCCO)cc2)c1. The monoisotopic (exact) mass is 411 g/mol. The molecule has 2 aromatic carbocycles. The second-order valence-corrected chi connectivity index (χ2v) is 6.87. The fraction of sp³-hybridized carbons (Fsp3) is 0.318. The summed E-state index contributed by atoms with van der Waals surface area (Å²) < 4.78 is 0. The Morgan fingerprint density at radius 1 is 1.10 bits per heavy atom. The van der Waals surface area contributed by atoms with E-state index in [9.17, 15) is 9.59 Å². The lowest BCUT2D eigenvalue weighted by molar-refractivity contribution is -0.121. The van der Waals surface area contributed by atoms with E-state index in [1.54, 1.807) is 18.3 Å². The van der Waals surface area contributed by atoms with Crippen molar-refractivity contribution in [1.82, 2.24) is 10.7 Å². The van der Waals surface area contributed by atoms with Gasteiger partial charge < -0.3 is 20.6 Å². The summed E-state index contributed by atoms with van der Waals surface area (Å²) in [6.07, 6.45) is 2.67. The van der Waals surface area contributed by atoms with Crippen LogP contribution in [0.25, 0.3) is 0 Å². The molecule has 4 N–H and O–H groups in total. The average molecular weight is 412 g/mol. The summed E-state index contributed by atoms with van der Waals surface area (Å²) in [6.45, 7) is 0.857. The van der Waals surface area contributed by atoms with Gasteiger partial charge in [0, 0.05) is 50.5 Å². The van der Waals surface area contributed by atoms with Crippen LogP contribution < -0.4 is 21.0 Å². The minimum atomic E-state index is -0.290. The molecule has 0 fully saturated rings. The van der Waals surface area contributed by atoms with Crippen LogP contribution in [-0.4, -0.2) is 56.9 Å². The molecule has 0 radical (unpaired) electrons. The fourth-order valence-corrected chi connectivity index (χ4v) is 2.62. The van der Waals surface area contributed by atoms with Crippen LogP contribution in [0, 0.1) is 0 Å². The van der Waals surface area contributed by atoms with Crippen molar-refractivity contribution in [2.45, 2.75) is 12.8 Å². The van der Waals surface area contributed by atoms with Crippen molar-refractivity contribution < 1.29 is 14.7 Å².